The predicted molar refractivity (Wildman–Crippen MR) is 152 cm³/mol. The molecule has 0 saturated carbocycles. The molecule has 0 saturated heterocycles. The number of carbonyl (C=O) groups is 4. The fourth-order valence-electron chi connectivity index (χ4n) is 3.19. The van der Waals surface area contributed by atoms with Crippen molar-refractivity contribution in [2.45, 2.75) is 87.5 Å². The Kier molecular flexibility index (Phi) is 11.7. The summed E-state index contributed by atoms with van der Waals surface area (Å²) in [6.45, 7) is 10.4. The molecule has 2 aromatic rings. The molecule has 2 rings (SSSR count). The van der Waals surface area contributed by atoms with Crippen LogP contribution in [0.1, 0.15) is 52.7 Å². The maximum absolute atomic E-state index is 12.0. The number of ether oxygens (including phenoxy) is 2. The van der Waals surface area contributed by atoms with Crippen molar-refractivity contribution in [3.63, 3.8) is 0 Å². The number of carbonyl (C=O) groups excluding carboxylic acids is 3. The summed E-state index contributed by atoms with van der Waals surface area (Å²) >= 11 is 0. The highest BCUT2D eigenvalue weighted by Gasteiger charge is 2.24. The molecule has 0 aliphatic heterocycles. The van der Waals surface area contributed by atoms with E-state index in [1.54, 1.807) is 63.1 Å². The third-order valence-corrected chi connectivity index (χ3v) is 7.25. The van der Waals surface area contributed by atoms with Gasteiger partial charge in [0.15, 0.2) is 0 Å². The Morgan fingerprint density at radius 3 is 1.56 bits per heavy atom. The number of benzene rings is 2. The zero-order chi connectivity index (χ0) is 29.2. The van der Waals surface area contributed by atoms with Gasteiger partial charge in [-0.05, 0) is 83.4 Å². The van der Waals surface area contributed by atoms with Gasteiger partial charge in [0.2, 0.25) is 0 Å². The molecular formula is C28H36N2O7S2. The van der Waals surface area contributed by atoms with Crippen molar-refractivity contribution in [2.24, 2.45) is 0 Å². The Labute approximate surface area is 237 Å². The summed E-state index contributed by atoms with van der Waals surface area (Å²) in [6, 6.07) is 13.3. The van der Waals surface area contributed by atoms with E-state index in [-0.39, 0.29) is 6.42 Å². The largest absolute Gasteiger partial charge is 0.480 e. The summed E-state index contributed by atoms with van der Waals surface area (Å²) < 4.78 is 10.4. The number of hydrogen-bond donors (Lipinski definition) is 3. The summed E-state index contributed by atoms with van der Waals surface area (Å²) in [5.41, 5.74) is 0.298. The maximum atomic E-state index is 12.0. The predicted octanol–water partition coefficient (Wildman–Crippen LogP) is 5.64. The molecule has 0 spiro atoms. The lowest BCUT2D eigenvalue weighted by atomic mass is 10.1. The van der Waals surface area contributed by atoms with Crippen LogP contribution in [-0.2, 0) is 31.9 Å². The second-order valence-electron chi connectivity index (χ2n) is 10.8. The van der Waals surface area contributed by atoms with Crippen molar-refractivity contribution in [3.8, 4) is 0 Å². The number of amides is 2. The van der Waals surface area contributed by atoms with Crippen LogP contribution in [0.25, 0.3) is 0 Å². The Balaban J connectivity index is 1.87. The first-order chi connectivity index (χ1) is 18.1. The number of carboxylic acid groups (broad SMARTS) is 1. The first-order valence-electron chi connectivity index (χ1n) is 12.3. The lowest BCUT2D eigenvalue weighted by Crippen LogP contribution is -2.44. The maximum Gasteiger partial charge on any atom is 0.408 e. The SMILES string of the molecule is CC(C)(C)OC(=O)NC(C=O)Cc1ccc(SSc2ccc(CC(NC(=O)OC(C)(C)C)C(=O)O)cc2)cc1. The molecule has 2 atom stereocenters. The normalized spacial score (nSPS) is 13.1. The summed E-state index contributed by atoms with van der Waals surface area (Å²) in [5, 5.41) is 14.5. The fourth-order valence-corrected chi connectivity index (χ4v) is 5.12. The average Bonchev–Trinajstić information content (AvgIpc) is 2.81. The van der Waals surface area contributed by atoms with Gasteiger partial charge in [-0.15, -0.1) is 0 Å². The summed E-state index contributed by atoms with van der Waals surface area (Å²) in [5.74, 6) is -1.14. The Morgan fingerprint density at radius 1 is 0.769 bits per heavy atom. The van der Waals surface area contributed by atoms with Crippen molar-refractivity contribution >= 4 is 46.0 Å². The highest BCUT2D eigenvalue weighted by Crippen LogP contribution is 2.37. The second kappa shape index (κ2) is 14.3. The number of aldehydes is 1. The zero-order valence-electron chi connectivity index (χ0n) is 23.0. The molecule has 0 heterocycles. The van der Waals surface area contributed by atoms with Gasteiger partial charge in [-0.2, -0.15) is 0 Å². The summed E-state index contributed by atoms with van der Waals surface area (Å²) in [7, 11) is 3.10. The minimum absolute atomic E-state index is 0.124. The number of hydrogen-bond acceptors (Lipinski definition) is 8. The van der Waals surface area contributed by atoms with Gasteiger partial charge in [0, 0.05) is 16.2 Å². The van der Waals surface area contributed by atoms with E-state index in [0.717, 1.165) is 20.9 Å². The van der Waals surface area contributed by atoms with E-state index >= 15 is 0 Å². The highest BCUT2D eigenvalue weighted by molar-refractivity contribution is 8.76. The molecule has 2 aromatic carbocycles. The summed E-state index contributed by atoms with van der Waals surface area (Å²) in [4.78, 5) is 48.9. The highest BCUT2D eigenvalue weighted by atomic mass is 33.1. The van der Waals surface area contributed by atoms with Crippen molar-refractivity contribution in [3.05, 3.63) is 59.7 Å². The Hall–Kier alpha value is -3.18. The fraction of sp³-hybridized carbons (Fsp3) is 0.429. The molecule has 0 aliphatic rings. The van der Waals surface area contributed by atoms with Crippen LogP contribution < -0.4 is 10.6 Å². The van der Waals surface area contributed by atoms with Gasteiger partial charge >= 0.3 is 18.2 Å². The van der Waals surface area contributed by atoms with Crippen molar-refractivity contribution < 1.29 is 33.8 Å². The van der Waals surface area contributed by atoms with Crippen LogP contribution in [0.5, 0.6) is 0 Å². The molecule has 0 aliphatic carbocycles. The van der Waals surface area contributed by atoms with Gasteiger partial charge in [-0.1, -0.05) is 45.9 Å². The van der Waals surface area contributed by atoms with Gasteiger partial charge < -0.3 is 30.0 Å². The number of rotatable bonds is 11. The van der Waals surface area contributed by atoms with E-state index in [1.807, 2.05) is 48.5 Å². The topological polar surface area (TPSA) is 131 Å². The van der Waals surface area contributed by atoms with Crippen LogP contribution in [0.4, 0.5) is 9.59 Å². The van der Waals surface area contributed by atoms with Crippen molar-refractivity contribution in [1.82, 2.24) is 10.6 Å². The first kappa shape index (κ1) is 32.0. The van der Waals surface area contributed by atoms with Crippen molar-refractivity contribution in [2.75, 3.05) is 0 Å². The number of nitrogens with one attached hydrogen (secondary N) is 2. The Bertz CT molecular complexity index is 1120. The average molecular weight is 577 g/mol. The minimum Gasteiger partial charge on any atom is -0.480 e. The molecule has 2 unspecified atom stereocenters. The van der Waals surface area contributed by atoms with Crippen molar-refractivity contribution in [1.29, 1.82) is 0 Å². The molecule has 2 amide bonds. The smallest absolute Gasteiger partial charge is 0.408 e. The third-order valence-electron chi connectivity index (χ3n) is 4.83. The molecule has 11 heteroatoms. The van der Waals surface area contributed by atoms with Crippen LogP contribution in [-0.4, -0.2) is 52.8 Å². The van der Waals surface area contributed by atoms with Gasteiger partial charge in [0.25, 0.3) is 0 Å². The zero-order valence-corrected chi connectivity index (χ0v) is 24.6. The minimum atomic E-state index is -1.14. The van der Waals surface area contributed by atoms with Gasteiger partial charge in [0.05, 0.1) is 6.04 Å². The van der Waals surface area contributed by atoms with Crippen LogP contribution >= 0.6 is 21.6 Å². The van der Waals surface area contributed by atoms with Crippen LogP contribution in [0, 0.1) is 0 Å². The molecule has 212 valence electrons. The van der Waals surface area contributed by atoms with E-state index in [1.165, 1.54) is 0 Å². The Morgan fingerprint density at radius 2 is 1.18 bits per heavy atom. The van der Waals surface area contributed by atoms with E-state index in [2.05, 4.69) is 10.6 Å². The molecule has 0 aromatic heterocycles. The summed E-state index contributed by atoms with van der Waals surface area (Å²) in [6.07, 6.45) is -0.239. The molecule has 3 N–H and O–H groups in total. The number of alkyl carbamates (subject to hydrolysis) is 2. The molecule has 39 heavy (non-hydrogen) atoms. The number of carboxylic acids is 1. The molecule has 0 radical (unpaired) electrons. The lowest BCUT2D eigenvalue weighted by molar-refractivity contribution is -0.139. The number of aliphatic carboxylic acids is 1. The van der Waals surface area contributed by atoms with Gasteiger partial charge in [0.1, 0.15) is 23.5 Å². The quantitative estimate of drug-likeness (QED) is 0.230. The van der Waals surface area contributed by atoms with Crippen LogP contribution in [0.2, 0.25) is 0 Å². The van der Waals surface area contributed by atoms with Crippen LogP contribution in [0.3, 0.4) is 0 Å². The molecular weight excluding hydrogens is 540 g/mol. The second-order valence-corrected chi connectivity index (χ2v) is 13.1. The monoisotopic (exact) mass is 576 g/mol. The van der Waals surface area contributed by atoms with E-state index in [0.29, 0.717) is 12.7 Å². The molecule has 9 nitrogen and oxygen atoms in total. The molecule has 0 fully saturated rings. The van der Waals surface area contributed by atoms with Gasteiger partial charge in [-0.25, -0.2) is 14.4 Å². The first-order valence-corrected chi connectivity index (χ1v) is 14.5. The van der Waals surface area contributed by atoms with E-state index in [4.69, 9.17) is 9.47 Å². The van der Waals surface area contributed by atoms with Gasteiger partial charge in [-0.3, -0.25) is 0 Å². The molecule has 0 bridgehead atoms. The van der Waals surface area contributed by atoms with E-state index < -0.39 is 41.4 Å². The third kappa shape index (κ3) is 12.9. The van der Waals surface area contributed by atoms with E-state index in [9.17, 15) is 24.3 Å². The standard InChI is InChI=1S/C28H36N2O7S2/c1-27(2,3)36-25(34)29-20(17-31)15-18-7-11-21(12-8-18)38-39-22-13-9-19(10-14-22)16-23(24(32)33)30-26(35)37-28(4,5)6/h7-14,17,20,23H,15-16H2,1-6H3,(H,29,34)(H,30,35)(H,32,33). The lowest BCUT2D eigenvalue weighted by Gasteiger charge is -2.22. The van der Waals surface area contributed by atoms with Crippen LogP contribution in [0.15, 0.2) is 58.3 Å².